The van der Waals surface area contributed by atoms with E-state index in [0.29, 0.717) is 12.8 Å². The number of rotatable bonds is 2. The molecule has 1 fully saturated rings. The maximum Gasteiger partial charge on any atom is 0.237 e. The second-order valence-corrected chi connectivity index (χ2v) is 2.79. The highest BCUT2D eigenvalue weighted by molar-refractivity contribution is 5.85. The number of carbonyl (C=O) groups is 1. The van der Waals surface area contributed by atoms with Gasteiger partial charge in [0, 0.05) is 20.0 Å². The fraction of sp³-hybridized carbons (Fsp3) is 0.833. The number of ether oxygens (including phenoxy) is 1. The van der Waals surface area contributed by atoms with Gasteiger partial charge in [-0.3, -0.25) is 4.79 Å². The Hall–Kier alpha value is -0.610. The van der Waals surface area contributed by atoms with Crippen LogP contribution in [0.5, 0.6) is 0 Å². The van der Waals surface area contributed by atoms with Crippen LogP contribution in [0.25, 0.3) is 0 Å². The van der Waals surface area contributed by atoms with E-state index in [1.165, 1.54) is 0 Å². The third kappa shape index (κ3) is 0.998. The highest BCUT2D eigenvalue weighted by Crippen LogP contribution is 2.31. The third-order valence-electron chi connectivity index (χ3n) is 2.01. The molecule has 0 spiro atoms. The van der Waals surface area contributed by atoms with Gasteiger partial charge in [-0.1, -0.05) is 0 Å². The van der Waals surface area contributed by atoms with Gasteiger partial charge >= 0.3 is 0 Å². The number of carbonyl (C=O) groups excluding carboxylic acids is 1. The summed E-state index contributed by atoms with van der Waals surface area (Å²) < 4.78 is 4.94. The minimum absolute atomic E-state index is 0.123. The van der Waals surface area contributed by atoms with E-state index in [2.05, 4.69) is 0 Å². The van der Waals surface area contributed by atoms with Crippen molar-refractivity contribution in [2.45, 2.75) is 24.5 Å². The van der Waals surface area contributed by atoms with Crippen LogP contribution >= 0.6 is 0 Å². The molecule has 58 valence electrons. The lowest BCUT2D eigenvalue weighted by Crippen LogP contribution is -2.63. The van der Waals surface area contributed by atoms with Crippen LogP contribution in [0.3, 0.4) is 0 Å². The highest BCUT2D eigenvalue weighted by Gasteiger charge is 2.45. The van der Waals surface area contributed by atoms with Gasteiger partial charge in [-0.15, -0.1) is 0 Å². The van der Waals surface area contributed by atoms with Gasteiger partial charge in [0.25, 0.3) is 0 Å². The van der Waals surface area contributed by atoms with E-state index in [0.717, 1.165) is 0 Å². The van der Waals surface area contributed by atoms with Gasteiger partial charge in [0.2, 0.25) is 5.91 Å². The van der Waals surface area contributed by atoms with E-state index in [9.17, 15) is 4.79 Å². The summed E-state index contributed by atoms with van der Waals surface area (Å²) in [6, 6.07) is 0. The van der Waals surface area contributed by atoms with Crippen molar-refractivity contribution < 1.29 is 9.53 Å². The Labute approximate surface area is 59.5 Å². The first kappa shape index (κ1) is 7.50. The SMILES string of the molecule is COC1CC(N)(C(N)=O)C1. The van der Waals surface area contributed by atoms with E-state index in [-0.39, 0.29) is 6.10 Å². The van der Waals surface area contributed by atoms with Crippen LogP contribution < -0.4 is 11.5 Å². The lowest BCUT2D eigenvalue weighted by Gasteiger charge is -2.41. The fourth-order valence-corrected chi connectivity index (χ4v) is 1.12. The first-order chi connectivity index (χ1) is 4.58. The lowest BCUT2D eigenvalue weighted by molar-refractivity contribution is -0.132. The van der Waals surface area contributed by atoms with Crippen molar-refractivity contribution in [3.05, 3.63) is 0 Å². The van der Waals surface area contributed by atoms with Crippen LogP contribution in [-0.4, -0.2) is 24.7 Å². The van der Waals surface area contributed by atoms with E-state index < -0.39 is 11.4 Å². The molecule has 4 heteroatoms. The number of hydrogen-bond donors (Lipinski definition) is 2. The zero-order chi connectivity index (χ0) is 7.78. The maximum absolute atomic E-state index is 10.6. The fourth-order valence-electron chi connectivity index (χ4n) is 1.12. The molecule has 0 radical (unpaired) electrons. The number of primary amides is 1. The van der Waals surface area contributed by atoms with Crippen LogP contribution in [0.1, 0.15) is 12.8 Å². The van der Waals surface area contributed by atoms with Crippen molar-refractivity contribution in [3.8, 4) is 0 Å². The molecule has 0 unspecified atom stereocenters. The predicted molar refractivity (Wildman–Crippen MR) is 36.1 cm³/mol. The minimum atomic E-state index is -0.791. The minimum Gasteiger partial charge on any atom is -0.381 e. The van der Waals surface area contributed by atoms with Crippen LogP contribution in [0.2, 0.25) is 0 Å². The van der Waals surface area contributed by atoms with Crippen molar-refractivity contribution in [1.82, 2.24) is 0 Å². The molecule has 4 nitrogen and oxygen atoms in total. The summed E-state index contributed by atoms with van der Waals surface area (Å²) >= 11 is 0. The molecular formula is C6H12N2O2. The molecule has 0 heterocycles. The molecule has 0 bridgehead atoms. The summed E-state index contributed by atoms with van der Waals surface area (Å²) in [5, 5.41) is 0. The van der Waals surface area contributed by atoms with Gasteiger partial charge < -0.3 is 16.2 Å². The molecule has 1 saturated carbocycles. The average Bonchev–Trinajstić information content (AvgIpc) is 1.80. The maximum atomic E-state index is 10.6. The largest absolute Gasteiger partial charge is 0.381 e. The normalized spacial score (nSPS) is 38.8. The van der Waals surface area contributed by atoms with Crippen LogP contribution in [-0.2, 0) is 9.53 Å². The van der Waals surface area contributed by atoms with Crippen LogP contribution in [0, 0.1) is 0 Å². The van der Waals surface area contributed by atoms with Gasteiger partial charge in [0.1, 0.15) is 5.54 Å². The molecule has 1 amide bonds. The van der Waals surface area contributed by atoms with E-state index in [1.54, 1.807) is 7.11 Å². The molecule has 0 aromatic carbocycles. The number of amides is 1. The summed E-state index contributed by atoms with van der Waals surface area (Å²) in [6.45, 7) is 0. The zero-order valence-electron chi connectivity index (χ0n) is 5.96. The Kier molecular flexibility index (Phi) is 1.66. The molecule has 10 heavy (non-hydrogen) atoms. The van der Waals surface area contributed by atoms with Crippen molar-refractivity contribution >= 4 is 5.91 Å². The quantitative estimate of drug-likeness (QED) is 0.520. The summed E-state index contributed by atoms with van der Waals surface area (Å²) in [7, 11) is 1.60. The molecule has 0 aliphatic heterocycles. The Morgan fingerprint density at radius 1 is 1.70 bits per heavy atom. The number of methoxy groups -OCH3 is 1. The topological polar surface area (TPSA) is 78.3 Å². The molecule has 1 aliphatic rings. The van der Waals surface area contributed by atoms with Crippen molar-refractivity contribution in [1.29, 1.82) is 0 Å². The first-order valence-corrected chi connectivity index (χ1v) is 3.20. The Balaban J connectivity index is 2.42. The second-order valence-electron chi connectivity index (χ2n) is 2.79. The molecule has 1 aliphatic carbocycles. The lowest BCUT2D eigenvalue weighted by atomic mass is 9.74. The first-order valence-electron chi connectivity index (χ1n) is 3.20. The van der Waals surface area contributed by atoms with Crippen molar-refractivity contribution in [2.24, 2.45) is 11.5 Å². The summed E-state index contributed by atoms with van der Waals surface area (Å²) in [6.07, 6.45) is 1.23. The van der Waals surface area contributed by atoms with Crippen LogP contribution in [0.4, 0.5) is 0 Å². The Morgan fingerprint density at radius 2 is 2.20 bits per heavy atom. The highest BCUT2D eigenvalue weighted by atomic mass is 16.5. The van der Waals surface area contributed by atoms with Crippen molar-refractivity contribution in [2.75, 3.05) is 7.11 Å². The summed E-state index contributed by atoms with van der Waals surface area (Å²) in [4.78, 5) is 10.6. The monoisotopic (exact) mass is 144 g/mol. The predicted octanol–water partition coefficient (Wildman–Crippen LogP) is -1.02. The average molecular weight is 144 g/mol. The van der Waals surface area contributed by atoms with Gasteiger partial charge in [0.05, 0.1) is 6.10 Å². The third-order valence-corrected chi connectivity index (χ3v) is 2.01. The summed E-state index contributed by atoms with van der Waals surface area (Å²) in [5.41, 5.74) is 9.80. The van der Waals surface area contributed by atoms with Crippen molar-refractivity contribution in [3.63, 3.8) is 0 Å². The molecule has 0 aromatic rings. The van der Waals surface area contributed by atoms with Gasteiger partial charge in [-0.25, -0.2) is 0 Å². The Morgan fingerprint density at radius 3 is 2.50 bits per heavy atom. The van der Waals surface area contributed by atoms with E-state index >= 15 is 0 Å². The molecule has 0 aromatic heterocycles. The zero-order valence-corrected chi connectivity index (χ0v) is 5.96. The van der Waals surface area contributed by atoms with E-state index in [1.807, 2.05) is 0 Å². The molecule has 0 saturated heterocycles. The summed E-state index contributed by atoms with van der Waals surface area (Å²) in [5.74, 6) is -0.430. The van der Waals surface area contributed by atoms with Gasteiger partial charge in [-0.2, -0.15) is 0 Å². The van der Waals surface area contributed by atoms with Gasteiger partial charge in [0.15, 0.2) is 0 Å². The Bertz CT molecular complexity index is 152. The molecule has 4 N–H and O–H groups in total. The van der Waals surface area contributed by atoms with Crippen LogP contribution in [0.15, 0.2) is 0 Å². The molecular weight excluding hydrogens is 132 g/mol. The molecule has 1 rings (SSSR count). The standard InChI is InChI=1S/C6H12N2O2/c1-10-4-2-6(8,3-4)5(7)9/h4H,2-3,8H2,1H3,(H2,7,9). The molecule has 0 atom stereocenters. The van der Waals surface area contributed by atoms with E-state index in [4.69, 9.17) is 16.2 Å². The van der Waals surface area contributed by atoms with Gasteiger partial charge in [-0.05, 0) is 0 Å². The second kappa shape index (κ2) is 2.21. The number of hydrogen-bond acceptors (Lipinski definition) is 3. The number of nitrogens with two attached hydrogens (primary N) is 2. The smallest absolute Gasteiger partial charge is 0.237 e.